The Morgan fingerprint density at radius 1 is 0.821 bits per heavy atom. The van der Waals surface area contributed by atoms with E-state index in [0.29, 0.717) is 5.92 Å². The molecular formula is C24H30F2O2. The predicted octanol–water partition coefficient (Wildman–Crippen LogP) is 7.02. The molecule has 1 aliphatic rings. The van der Waals surface area contributed by atoms with E-state index < -0.39 is 11.6 Å². The van der Waals surface area contributed by atoms with Crippen molar-refractivity contribution < 1.29 is 18.3 Å². The summed E-state index contributed by atoms with van der Waals surface area (Å²) in [5, 5.41) is 0. The molecule has 1 saturated carbocycles. The molecule has 0 N–H and O–H groups in total. The van der Waals surface area contributed by atoms with E-state index in [-0.39, 0.29) is 24.7 Å². The Balaban J connectivity index is 1.56. The monoisotopic (exact) mass is 388 g/mol. The zero-order valence-electron chi connectivity index (χ0n) is 16.8. The van der Waals surface area contributed by atoms with Crippen LogP contribution in [0.5, 0.6) is 11.5 Å². The van der Waals surface area contributed by atoms with Gasteiger partial charge in [-0.25, -0.2) is 0 Å². The number of rotatable bonds is 8. The second-order valence-corrected chi connectivity index (χ2v) is 7.66. The molecular weight excluding hydrogens is 358 g/mol. The fourth-order valence-corrected chi connectivity index (χ4v) is 4.13. The van der Waals surface area contributed by atoms with Crippen LogP contribution in [0.1, 0.15) is 69.4 Å². The molecule has 2 aromatic rings. The molecule has 0 heterocycles. The van der Waals surface area contributed by atoms with E-state index in [0.717, 1.165) is 11.5 Å². The van der Waals surface area contributed by atoms with Gasteiger partial charge in [-0.15, -0.1) is 0 Å². The van der Waals surface area contributed by atoms with Gasteiger partial charge in [-0.3, -0.25) is 0 Å². The molecule has 0 radical (unpaired) electrons. The highest BCUT2D eigenvalue weighted by atomic mass is 19.2. The van der Waals surface area contributed by atoms with Crippen molar-refractivity contribution in [2.75, 3.05) is 6.61 Å². The minimum Gasteiger partial charge on any atom is -0.491 e. The number of hydrogen-bond donors (Lipinski definition) is 0. The second-order valence-electron chi connectivity index (χ2n) is 7.66. The lowest BCUT2D eigenvalue weighted by Crippen LogP contribution is -2.13. The van der Waals surface area contributed by atoms with E-state index in [9.17, 15) is 8.78 Å². The third kappa shape index (κ3) is 5.03. The van der Waals surface area contributed by atoms with Crippen molar-refractivity contribution in [2.45, 2.75) is 64.9 Å². The Kier molecular flexibility index (Phi) is 7.30. The summed E-state index contributed by atoms with van der Waals surface area (Å²) in [5.74, 6) is -0.663. The summed E-state index contributed by atoms with van der Waals surface area (Å²) < 4.78 is 38.6. The van der Waals surface area contributed by atoms with Gasteiger partial charge in [0.2, 0.25) is 11.6 Å². The molecule has 2 nitrogen and oxygen atoms in total. The summed E-state index contributed by atoms with van der Waals surface area (Å²) in [6, 6.07) is 11.2. The minimum atomic E-state index is -1.01. The minimum absolute atomic E-state index is 0.0923. The summed E-state index contributed by atoms with van der Waals surface area (Å²) >= 11 is 0. The van der Waals surface area contributed by atoms with E-state index in [1.165, 1.54) is 56.2 Å². The van der Waals surface area contributed by atoms with E-state index in [4.69, 9.17) is 9.47 Å². The maximum Gasteiger partial charge on any atom is 0.204 e. The van der Waals surface area contributed by atoms with Crippen LogP contribution >= 0.6 is 0 Å². The van der Waals surface area contributed by atoms with E-state index in [1.54, 1.807) is 6.92 Å². The van der Waals surface area contributed by atoms with Crippen LogP contribution in [0.25, 0.3) is 0 Å². The summed E-state index contributed by atoms with van der Waals surface area (Å²) in [6.07, 6.45) is 7.81. The molecule has 0 unspecified atom stereocenters. The first-order chi connectivity index (χ1) is 13.6. The molecule has 0 saturated heterocycles. The SMILES string of the molecule is CCCC1CCC(c2ccc(COc3ccc(OCC)c(F)c3F)cc2)CC1. The van der Waals surface area contributed by atoms with Crippen molar-refractivity contribution in [3.05, 3.63) is 59.2 Å². The van der Waals surface area contributed by atoms with E-state index in [1.807, 2.05) is 12.1 Å². The molecule has 0 aliphatic heterocycles. The Bertz CT molecular complexity index is 750. The zero-order valence-corrected chi connectivity index (χ0v) is 16.8. The highest BCUT2D eigenvalue weighted by Crippen LogP contribution is 2.37. The molecule has 1 fully saturated rings. The smallest absolute Gasteiger partial charge is 0.204 e. The van der Waals surface area contributed by atoms with Gasteiger partial charge in [0.1, 0.15) is 6.61 Å². The van der Waals surface area contributed by atoms with E-state index >= 15 is 0 Å². The third-order valence-electron chi connectivity index (χ3n) is 5.70. The van der Waals surface area contributed by atoms with Gasteiger partial charge in [-0.05, 0) is 67.7 Å². The zero-order chi connectivity index (χ0) is 19.9. The molecule has 2 aromatic carbocycles. The summed E-state index contributed by atoms with van der Waals surface area (Å²) in [7, 11) is 0. The summed E-state index contributed by atoms with van der Waals surface area (Å²) in [5.41, 5.74) is 2.31. The van der Waals surface area contributed by atoms with Crippen LogP contribution in [0.2, 0.25) is 0 Å². The van der Waals surface area contributed by atoms with Crippen molar-refractivity contribution in [3.8, 4) is 11.5 Å². The highest BCUT2D eigenvalue weighted by molar-refractivity contribution is 5.35. The Hall–Kier alpha value is -2.10. The van der Waals surface area contributed by atoms with Gasteiger partial charge in [-0.1, -0.05) is 44.0 Å². The Labute approximate surface area is 166 Å². The molecule has 3 rings (SSSR count). The highest BCUT2D eigenvalue weighted by Gasteiger charge is 2.21. The van der Waals surface area contributed by atoms with Crippen LogP contribution in [0.15, 0.2) is 36.4 Å². The molecule has 0 amide bonds. The molecule has 28 heavy (non-hydrogen) atoms. The maximum absolute atomic E-state index is 14.1. The molecule has 0 aromatic heterocycles. The quantitative estimate of drug-likeness (QED) is 0.484. The van der Waals surface area contributed by atoms with Gasteiger partial charge in [0, 0.05) is 0 Å². The second kappa shape index (κ2) is 9.90. The average molecular weight is 388 g/mol. The molecule has 0 spiro atoms. The van der Waals surface area contributed by atoms with Crippen molar-refractivity contribution in [2.24, 2.45) is 5.92 Å². The van der Waals surface area contributed by atoms with Crippen LogP contribution in [-0.2, 0) is 6.61 Å². The summed E-state index contributed by atoms with van der Waals surface area (Å²) in [6.45, 7) is 4.47. The lowest BCUT2D eigenvalue weighted by molar-refractivity contribution is 0.274. The Morgan fingerprint density at radius 2 is 1.43 bits per heavy atom. The van der Waals surface area contributed by atoms with Gasteiger partial charge in [0.05, 0.1) is 6.61 Å². The van der Waals surface area contributed by atoms with Crippen molar-refractivity contribution >= 4 is 0 Å². The van der Waals surface area contributed by atoms with Crippen LogP contribution in [0, 0.1) is 17.6 Å². The van der Waals surface area contributed by atoms with Gasteiger partial charge in [-0.2, -0.15) is 8.78 Å². The van der Waals surface area contributed by atoms with Gasteiger partial charge in [0.15, 0.2) is 11.5 Å². The first-order valence-electron chi connectivity index (χ1n) is 10.4. The topological polar surface area (TPSA) is 18.5 Å². The molecule has 0 atom stereocenters. The van der Waals surface area contributed by atoms with Gasteiger partial charge >= 0.3 is 0 Å². The standard InChI is InChI=1S/C24H30F2O2/c1-3-5-17-6-10-19(11-7-17)20-12-8-18(9-13-20)16-28-22-15-14-21(27-4-2)23(25)24(22)26/h8-9,12-15,17,19H,3-7,10-11,16H2,1-2H3. The number of ether oxygens (including phenoxy) is 2. The first kappa shape index (κ1) is 20.6. The lowest BCUT2D eigenvalue weighted by Gasteiger charge is -2.28. The van der Waals surface area contributed by atoms with Crippen LogP contribution in [0.4, 0.5) is 8.78 Å². The van der Waals surface area contributed by atoms with Crippen LogP contribution < -0.4 is 9.47 Å². The Morgan fingerprint density at radius 3 is 2.00 bits per heavy atom. The number of benzene rings is 2. The predicted molar refractivity (Wildman–Crippen MR) is 108 cm³/mol. The maximum atomic E-state index is 14.1. The normalized spacial score (nSPS) is 19.4. The van der Waals surface area contributed by atoms with Crippen LogP contribution in [0.3, 0.4) is 0 Å². The summed E-state index contributed by atoms with van der Waals surface area (Å²) in [4.78, 5) is 0. The van der Waals surface area contributed by atoms with Crippen molar-refractivity contribution in [1.29, 1.82) is 0 Å². The number of hydrogen-bond acceptors (Lipinski definition) is 2. The van der Waals surface area contributed by atoms with Crippen molar-refractivity contribution in [3.63, 3.8) is 0 Å². The number of halogens is 2. The molecule has 1 aliphatic carbocycles. The largest absolute Gasteiger partial charge is 0.491 e. The first-order valence-corrected chi connectivity index (χ1v) is 10.4. The van der Waals surface area contributed by atoms with E-state index in [2.05, 4.69) is 19.1 Å². The fraction of sp³-hybridized carbons (Fsp3) is 0.500. The molecule has 0 bridgehead atoms. The van der Waals surface area contributed by atoms with Gasteiger partial charge in [0.25, 0.3) is 0 Å². The molecule has 152 valence electrons. The average Bonchev–Trinajstić information content (AvgIpc) is 2.72. The van der Waals surface area contributed by atoms with Crippen LogP contribution in [-0.4, -0.2) is 6.61 Å². The fourth-order valence-electron chi connectivity index (χ4n) is 4.13. The lowest BCUT2D eigenvalue weighted by atomic mass is 9.77. The third-order valence-corrected chi connectivity index (χ3v) is 5.70. The molecule has 4 heteroatoms. The van der Waals surface area contributed by atoms with Crippen molar-refractivity contribution in [1.82, 2.24) is 0 Å². The van der Waals surface area contributed by atoms with Gasteiger partial charge < -0.3 is 9.47 Å².